The van der Waals surface area contributed by atoms with Crippen molar-refractivity contribution in [1.82, 2.24) is 0 Å². The zero-order chi connectivity index (χ0) is 15.5. The van der Waals surface area contributed by atoms with Crippen molar-refractivity contribution >= 4 is 11.7 Å². The van der Waals surface area contributed by atoms with Crippen LogP contribution in [0.4, 0.5) is 10.1 Å². The Kier molecular flexibility index (Phi) is 4.26. The topological polar surface area (TPSA) is 49.3 Å². The summed E-state index contributed by atoms with van der Waals surface area (Å²) in [6.45, 7) is 3.61. The van der Waals surface area contributed by atoms with Gasteiger partial charge in [0.1, 0.15) is 5.82 Å². The number of carboxylic acids is 1. The maximum Gasteiger partial charge on any atom is 0.334 e. The number of hydrogen-bond donors (Lipinski definition) is 2. The lowest BCUT2D eigenvalue weighted by molar-refractivity contribution is -0.143. The molecule has 2 rings (SSSR count). The molecular formula is C17H18FNO2. The van der Waals surface area contributed by atoms with Gasteiger partial charge in [0.15, 0.2) is 5.54 Å². The van der Waals surface area contributed by atoms with Crippen LogP contribution >= 0.6 is 0 Å². The Morgan fingerprint density at radius 1 is 1.19 bits per heavy atom. The van der Waals surface area contributed by atoms with Crippen LogP contribution in [0.2, 0.25) is 0 Å². The van der Waals surface area contributed by atoms with Crippen molar-refractivity contribution in [3.63, 3.8) is 0 Å². The molecule has 0 spiro atoms. The van der Waals surface area contributed by atoms with Crippen LogP contribution in [0.3, 0.4) is 0 Å². The molecule has 0 amide bonds. The lowest BCUT2D eigenvalue weighted by Gasteiger charge is -2.32. The zero-order valence-electron chi connectivity index (χ0n) is 12.1. The molecule has 4 heteroatoms. The van der Waals surface area contributed by atoms with Crippen molar-refractivity contribution in [3.05, 3.63) is 65.5 Å². The van der Waals surface area contributed by atoms with Crippen molar-refractivity contribution in [1.29, 1.82) is 0 Å². The van der Waals surface area contributed by atoms with Crippen molar-refractivity contribution < 1.29 is 14.3 Å². The highest BCUT2D eigenvalue weighted by Crippen LogP contribution is 2.33. The highest BCUT2D eigenvalue weighted by atomic mass is 19.1. The SMILES string of the molecule is CCC(Nc1ccccc1C)(C(=O)O)c1ccccc1F. The molecule has 0 aliphatic rings. The normalized spacial score (nSPS) is 13.5. The van der Waals surface area contributed by atoms with Gasteiger partial charge >= 0.3 is 5.97 Å². The third-order valence-corrected chi connectivity index (χ3v) is 3.72. The summed E-state index contributed by atoms with van der Waals surface area (Å²) in [7, 11) is 0. The fourth-order valence-electron chi connectivity index (χ4n) is 2.42. The Balaban J connectivity index is 2.56. The predicted octanol–water partition coefficient (Wildman–Crippen LogP) is 3.94. The Hall–Kier alpha value is -2.36. The van der Waals surface area contributed by atoms with Gasteiger partial charge in [0.25, 0.3) is 0 Å². The average molecular weight is 287 g/mol. The van der Waals surface area contributed by atoms with E-state index in [-0.39, 0.29) is 12.0 Å². The van der Waals surface area contributed by atoms with Gasteiger partial charge in [-0.1, -0.05) is 43.3 Å². The first-order valence-corrected chi connectivity index (χ1v) is 6.83. The van der Waals surface area contributed by atoms with E-state index in [9.17, 15) is 14.3 Å². The number of hydrogen-bond acceptors (Lipinski definition) is 2. The second-order valence-corrected chi connectivity index (χ2v) is 4.98. The minimum absolute atomic E-state index is 0.142. The van der Waals surface area contributed by atoms with Crippen LogP contribution in [0.5, 0.6) is 0 Å². The second kappa shape index (κ2) is 5.95. The number of aliphatic carboxylic acids is 1. The van der Waals surface area contributed by atoms with Gasteiger partial charge in [-0.05, 0) is 31.0 Å². The molecule has 110 valence electrons. The predicted molar refractivity (Wildman–Crippen MR) is 80.8 cm³/mol. The minimum Gasteiger partial charge on any atom is -0.479 e. The van der Waals surface area contributed by atoms with Crippen molar-refractivity contribution in [2.24, 2.45) is 0 Å². The molecule has 0 radical (unpaired) electrons. The van der Waals surface area contributed by atoms with Gasteiger partial charge in [0.2, 0.25) is 0 Å². The Morgan fingerprint density at radius 2 is 1.81 bits per heavy atom. The number of para-hydroxylation sites is 1. The third-order valence-electron chi connectivity index (χ3n) is 3.72. The van der Waals surface area contributed by atoms with Gasteiger partial charge in [-0.25, -0.2) is 9.18 Å². The highest BCUT2D eigenvalue weighted by molar-refractivity contribution is 5.85. The molecular weight excluding hydrogens is 269 g/mol. The number of benzene rings is 2. The van der Waals surface area contributed by atoms with E-state index in [1.165, 1.54) is 12.1 Å². The molecule has 0 saturated carbocycles. The van der Waals surface area contributed by atoms with Gasteiger partial charge in [0, 0.05) is 11.3 Å². The van der Waals surface area contributed by atoms with Gasteiger partial charge in [-0.15, -0.1) is 0 Å². The Morgan fingerprint density at radius 3 is 2.38 bits per heavy atom. The number of halogens is 1. The third kappa shape index (κ3) is 2.75. The molecule has 3 nitrogen and oxygen atoms in total. The standard InChI is InChI=1S/C17H18FNO2/c1-3-17(16(20)21,13-9-5-6-10-14(13)18)19-15-11-7-4-8-12(15)2/h4-11,19H,3H2,1-2H3,(H,20,21). The molecule has 0 aromatic heterocycles. The Labute approximate surface area is 123 Å². The number of aryl methyl sites for hydroxylation is 1. The number of carbonyl (C=O) groups is 1. The smallest absolute Gasteiger partial charge is 0.334 e. The molecule has 2 aromatic carbocycles. The summed E-state index contributed by atoms with van der Waals surface area (Å²) >= 11 is 0. The Bertz CT molecular complexity index is 657. The van der Waals surface area contributed by atoms with E-state index >= 15 is 0 Å². The molecule has 0 aliphatic carbocycles. The van der Waals surface area contributed by atoms with Crippen LogP contribution in [0, 0.1) is 12.7 Å². The van der Waals surface area contributed by atoms with Gasteiger partial charge < -0.3 is 10.4 Å². The quantitative estimate of drug-likeness (QED) is 0.875. The van der Waals surface area contributed by atoms with E-state index < -0.39 is 17.3 Å². The summed E-state index contributed by atoms with van der Waals surface area (Å²) in [5.41, 5.74) is 0.249. The fraction of sp³-hybridized carbons (Fsp3) is 0.235. The summed E-state index contributed by atoms with van der Waals surface area (Å²) in [5.74, 6) is -1.62. The van der Waals surface area contributed by atoms with Crippen LogP contribution in [0.15, 0.2) is 48.5 Å². The number of anilines is 1. The van der Waals surface area contributed by atoms with Gasteiger partial charge in [-0.3, -0.25) is 0 Å². The molecule has 1 atom stereocenters. The van der Waals surface area contributed by atoms with Crippen molar-refractivity contribution in [2.45, 2.75) is 25.8 Å². The van der Waals surface area contributed by atoms with Crippen molar-refractivity contribution in [2.75, 3.05) is 5.32 Å². The van der Waals surface area contributed by atoms with Crippen LogP contribution in [-0.4, -0.2) is 11.1 Å². The molecule has 0 bridgehead atoms. The lowest BCUT2D eigenvalue weighted by atomic mass is 9.86. The summed E-state index contributed by atoms with van der Waals surface area (Å²) < 4.78 is 14.1. The second-order valence-electron chi connectivity index (χ2n) is 4.98. The van der Waals surface area contributed by atoms with E-state index in [4.69, 9.17) is 0 Å². The summed E-state index contributed by atoms with van der Waals surface area (Å²) in [4.78, 5) is 11.9. The molecule has 0 saturated heterocycles. The first-order valence-electron chi connectivity index (χ1n) is 6.83. The average Bonchev–Trinajstić information content (AvgIpc) is 2.47. The van der Waals surface area contributed by atoms with E-state index in [0.717, 1.165) is 5.56 Å². The summed E-state index contributed by atoms with van der Waals surface area (Å²) in [5, 5.41) is 12.8. The van der Waals surface area contributed by atoms with Crippen LogP contribution < -0.4 is 5.32 Å². The number of carboxylic acid groups (broad SMARTS) is 1. The van der Waals surface area contributed by atoms with Gasteiger partial charge in [0.05, 0.1) is 0 Å². The van der Waals surface area contributed by atoms with Crippen LogP contribution in [0.1, 0.15) is 24.5 Å². The maximum atomic E-state index is 14.1. The van der Waals surface area contributed by atoms with Crippen molar-refractivity contribution in [3.8, 4) is 0 Å². The molecule has 21 heavy (non-hydrogen) atoms. The lowest BCUT2D eigenvalue weighted by Crippen LogP contribution is -2.43. The van der Waals surface area contributed by atoms with Crippen LogP contribution in [-0.2, 0) is 10.3 Å². The van der Waals surface area contributed by atoms with Crippen LogP contribution in [0.25, 0.3) is 0 Å². The number of nitrogens with one attached hydrogen (secondary N) is 1. The zero-order valence-corrected chi connectivity index (χ0v) is 12.1. The number of rotatable bonds is 5. The summed E-state index contributed by atoms with van der Waals surface area (Å²) in [6, 6.07) is 13.4. The minimum atomic E-state index is -1.49. The molecule has 1 unspecified atom stereocenters. The molecule has 2 aromatic rings. The molecule has 0 fully saturated rings. The van der Waals surface area contributed by atoms with E-state index in [1.807, 2.05) is 25.1 Å². The van der Waals surface area contributed by atoms with E-state index in [2.05, 4.69) is 5.32 Å². The van der Waals surface area contributed by atoms with Gasteiger partial charge in [-0.2, -0.15) is 0 Å². The molecule has 0 aliphatic heterocycles. The first-order chi connectivity index (χ1) is 10.0. The molecule has 2 N–H and O–H groups in total. The first kappa shape index (κ1) is 15.0. The molecule has 0 heterocycles. The highest BCUT2D eigenvalue weighted by Gasteiger charge is 2.41. The summed E-state index contributed by atoms with van der Waals surface area (Å²) in [6.07, 6.45) is 0.220. The fourth-order valence-corrected chi connectivity index (χ4v) is 2.42. The van der Waals surface area contributed by atoms with E-state index in [1.54, 1.807) is 25.1 Å². The largest absolute Gasteiger partial charge is 0.479 e. The maximum absolute atomic E-state index is 14.1. The van der Waals surface area contributed by atoms with E-state index in [0.29, 0.717) is 5.69 Å². The monoisotopic (exact) mass is 287 g/mol.